The van der Waals surface area contributed by atoms with Gasteiger partial charge in [0.25, 0.3) is 0 Å². The molecule has 1 N–H and O–H groups in total. The van der Waals surface area contributed by atoms with Crippen molar-refractivity contribution in [2.75, 3.05) is 55.4 Å². The van der Waals surface area contributed by atoms with E-state index in [1.54, 1.807) is 6.20 Å². The van der Waals surface area contributed by atoms with E-state index in [1.807, 2.05) is 42.5 Å². The third-order valence-corrected chi connectivity index (χ3v) is 5.79. The van der Waals surface area contributed by atoms with Gasteiger partial charge in [-0.2, -0.15) is 0 Å². The van der Waals surface area contributed by atoms with Gasteiger partial charge >= 0.3 is 0 Å². The lowest BCUT2D eigenvalue weighted by Gasteiger charge is -2.35. The topological polar surface area (TPSA) is 51.7 Å². The highest BCUT2D eigenvalue weighted by atomic mass is 16.1. The number of carbonyl (C=O) groups excluding carboxylic acids is 1. The minimum atomic E-state index is -0.0296. The molecule has 0 saturated carbocycles. The smallest absolute Gasteiger partial charge is 0.228 e. The molecule has 1 aliphatic rings. The fourth-order valence-corrected chi connectivity index (χ4v) is 3.93. The molecule has 0 radical (unpaired) electrons. The van der Waals surface area contributed by atoms with Crippen LogP contribution >= 0.6 is 0 Å². The van der Waals surface area contributed by atoms with Gasteiger partial charge in [0.15, 0.2) is 0 Å². The number of nitrogens with one attached hydrogen (secondary N) is 1. The highest BCUT2D eigenvalue weighted by Crippen LogP contribution is 2.18. The van der Waals surface area contributed by atoms with Crippen LogP contribution in [0.15, 0.2) is 72.9 Å². The summed E-state index contributed by atoms with van der Waals surface area (Å²) in [7, 11) is 4.13. The van der Waals surface area contributed by atoms with Crippen molar-refractivity contribution in [2.24, 2.45) is 0 Å². The Morgan fingerprint density at radius 1 is 0.906 bits per heavy atom. The fraction of sp³-hybridized carbons (Fsp3) is 0.308. The number of amides is 1. The summed E-state index contributed by atoms with van der Waals surface area (Å²) in [6.45, 7) is 4.88. The minimum Gasteiger partial charge on any atom is -0.378 e. The molecule has 0 atom stereocenters. The SMILES string of the molecule is CN(C)c1ccc(CN2CCN(c3ccc(NC(=O)Cc4ccccc4)cn3)CC2)cc1. The van der Waals surface area contributed by atoms with E-state index in [-0.39, 0.29) is 5.91 Å². The summed E-state index contributed by atoms with van der Waals surface area (Å²) in [6.07, 6.45) is 2.11. The molecule has 6 heteroatoms. The maximum absolute atomic E-state index is 12.2. The van der Waals surface area contributed by atoms with Crippen molar-refractivity contribution in [3.05, 3.63) is 84.1 Å². The predicted octanol–water partition coefficient (Wildman–Crippen LogP) is 3.65. The van der Waals surface area contributed by atoms with Gasteiger partial charge in [-0.15, -0.1) is 0 Å². The zero-order valence-electron chi connectivity index (χ0n) is 18.9. The minimum absolute atomic E-state index is 0.0296. The fourth-order valence-electron chi connectivity index (χ4n) is 3.93. The number of benzene rings is 2. The molecule has 32 heavy (non-hydrogen) atoms. The molecule has 0 bridgehead atoms. The largest absolute Gasteiger partial charge is 0.378 e. The second-order valence-corrected chi connectivity index (χ2v) is 8.44. The Hall–Kier alpha value is -3.38. The van der Waals surface area contributed by atoms with Crippen LogP contribution in [-0.2, 0) is 17.8 Å². The molecule has 1 saturated heterocycles. The predicted molar refractivity (Wildman–Crippen MR) is 131 cm³/mol. The number of nitrogens with zero attached hydrogens (tertiary/aromatic N) is 4. The van der Waals surface area contributed by atoms with Gasteiger partial charge in [-0.25, -0.2) is 4.98 Å². The van der Waals surface area contributed by atoms with Gasteiger partial charge in [-0.1, -0.05) is 42.5 Å². The van der Waals surface area contributed by atoms with Crippen LogP contribution < -0.4 is 15.1 Å². The van der Waals surface area contributed by atoms with Gasteiger partial charge in [0.1, 0.15) is 5.82 Å². The van der Waals surface area contributed by atoms with Crippen LogP contribution in [0.3, 0.4) is 0 Å². The molecule has 1 amide bonds. The molecule has 0 unspecified atom stereocenters. The van der Waals surface area contributed by atoms with E-state index < -0.39 is 0 Å². The highest BCUT2D eigenvalue weighted by molar-refractivity contribution is 5.92. The average molecular weight is 430 g/mol. The Labute approximate surface area is 190 Å². The van der Waals surface area contributed by atoms with Crippen LogP contribution in [0.4, 0.5) is 17.2 Å². The molecule has 1 fully saturated rings. The molecule has 2 heterocycles. The number of pyridine rings is 1. The van der Waals surface area contributed by atoms with Crippen LogP contribution in [0.2, 0.25) is 0 Å². The molecule has 4 rings (SSSR count). The van der Waals surface area contributed by atoms with Crippen molar-refractivity contribution in [2.45, 2.75) is 13.0 Å². The number of hydrogen-bond acceptors (Lipinski definition) is 5. The monoisotopic (exact) mass is 429 g/mol. The lowest BCUT2D eigenvalue weighted by atomic mass is 10.1. The summed E-state index contributed by atoms with van der Waals surface area (Å²) in [5, 5.41) is 2.93. The second kappa shape index (κ2) is 10.3. The Morgan fingerprint density at radius 3 is 2.25 bits per heavy atom. The van der Waals surface area contributed by atoms with Gasteiger partial charge in [0.2, 0.25) is 5.91 Å². The van der Waals surface area contributed by atoms with E-state index in [0.29, 0.717) is 6.42 Å². The zero-order valence-corrected chi connectivity index (χ0v) is 18.9. The van der Waals surface area contributed by atoms with Gasteiger partial charge in [-0.05, 0) is 35.4 Å². The second-order valence-electron chi connectivity index (χ2n) is 8.44. The van der Waals surface area contributed by atoms with Crippen LogP contribution in [0.25, 0.3) is 0 Å². The number of anilines is 3. The highest BCUT2D eigenvalue weighted by Gasteiger charge is 2.18. The normalized spacial score (nSPS) is 14.2. The first-order chi connectivity index (χ1) is 15.6. The molecule has 1 aliphatic heterocycles. The number of aromatic nitrogens is 1. The Morgan fingerprint density at radius 2 is 1.62 bits per heavy atom. The van der Waals surface area contributed by atoms with Crippen molar-refractivity contribution in [3.8, 4) is 0 Å². The summed E-state index contributed by atoms with van der Waals surface area (Å²) in [4.78, 5) is 23.7. The third kappa shape index (κ3) is 5.86. The van der Waals surface area contributed by atoms with Crippen LogP contribution in [0.1, 0.15) is 11.1 Å². The summed E-state index contributed by atoms with van der Waals surface area (Å²) < 4.78 is 0. The molecular formula is C26H31N5O. The molecule has 2 aromatic carbocycles. The Kier molecular flexibility index (Phi) is 7.02. The van der Waals surface area contributed by atoms with Crippen molar-refractivity contribution in [3.63, 3.8) is 0 Å². The van der Waals surface area contributed by atoms with E-state index in [0.717, 1.165) is 49.8 Å². The lowest BCUT2D eigenvalue weighted by Crippen LogP contribution is -2.46. The third-order valence-electron chi connectivity index (χ3n) is 5.79. The lowest BCUT2D eigenvalue weighted by molar-refractivity contribution is -0.115. The standard InChI is InChI=1S/C26H31N5O/c1-29(2)24-11-8-22(9-12-24)20-30-14-16-31(17-15-30)25-13-10-23(19-27-25)28-26(32)18-21-6-4-3-5-7-21/h3-13,19H,14-18,20H2,1-2H3,(H,28,32). The first-order valence-corrected chi connectivity index (χ1v) is 11.1. The van der Waals surface area contributed by atoms with E-state index >= 15 is 0 Å². The molecule has 0 aliphatic carbocycles. The van der Waals surface area contributed by atoms with Crippen molar-refractivity contribution >= 4 is 23.1 Å². The maximum Gasteiger partial charge on any atom is 0.228 e. The van der Waals surface area contributed by atoms with Crippen molar-refractivity contribution < 1.29 is 4.79 Å². The quantitative estimate of drug-likeness (QED) is 0.621. The van der Waals surface area contributed by atoms with Gasteiger partial charge in [0, 0.05) is 52.5 Å². The molecule has 0 spiro atoms. The summed E-state index contributed by atoms with van der Waals surface area (Å²) >= 11 is 0. The van der Waals surface area contributed by atoms with Crippen LogP contribution in [-0.4, -0.2) is 56.1 Å². The Bertz CT molecular complexity index is 995. The number of carbonyl (C=O) groups is 1. The van der Waals surface area contributed by atoms with E-state index in [1.165, 1.54) is 11.3 Å². The first kappa shape index (κ1) is 21.8. The van der Waals surface area contributed by atoms with Crippen molar-refractivity contribution in [1.82, 2.24) is 9.88 Å². The molecule has 6 nitrogen and oxygen atoms in total. The summed E-state index contributed by atoms with van der Waals surface area (Å²) in [5.41, 5.74) is 4.30. The zero-order chi connectivity index (χ0) is 22.3. The van der Waals surface area contributed by atoms with Gasteiger partial charge < -0.3 is 15.1 Å². The molecule has 166 valence electrons. The summed E-state index contributed by atoms with van der Waals surface area (Å²) in [5.74, 6) is 0.930. The Balaban J connectivity index is 1.25. The van der Waals surface area contributed by atoms with E-state index in [4.69, 9.17) is 0 Å². The van der Waals surface area contributed by atoms with Gasteiger partial charge in [0.05, 0.1) is 18.3 Å². The van der Waals surface area contributed by atoms with Gasteiger partial charge in [-0.3, -0.25) is 9.69 Å². The molecule has 1 aromatic heterocycles. The van der Waals surface area contributed by atoms with E-state index in [2.05, 4.69) is 63.4 Å². The van der Waals surface area contributed by atoms with Crippen molar-refractivity contribution in [1.29, 1.82) is 0 Å². The van der Waals surface area contributed by atoms with Crippen LogP contribution in [0.5, 0.6) is 0 Å². The molecule has 3 aromatic rings. The molecular weight excluding hydrogens is 398 g/mol. The first-order valence-electron chi connectivity index (χ1n) is 11.1. The number of piperazine rings is 1. The van der Waals surface area contributed by atoms with E-state index in [9.17, 15) is 4.79 Å². The maximum atomic E-state index is 12.2. The number of hydrogen-bond donors (Lipinski definition) is 1. The number of rotatable bonds is 7. The van der Waals surface area contributed by atoms with Crippen LogP contribution in [0, 0.1) is 0 Å². The summed E-state index contributed by atoms with van der Waals surface area (Å²) in [6, 6.07) is 22.5. The average Bonchev–Trinajstić information content (AvgIpc) is 2.81.